The van der Waals surface area contributed by atoms with Crippen molar-refractivity contribution in [3.05, 3.63) is 80.5 Å². The number of rotatable bonds is 5. The van der Waals surface area contributed by atoms with Crippen LogP contribution in [0.5, 0.6) is 11.5 Å². The number of hydrogen-bond donors (Lipinski definition) is 2. The second-order valence-corrected chi connectivity index (χ2v) is 6.41. The van der Waals surface area contributed by atoms with Gasteiger partial charge in [-0.1, -0.05) is 0 Å². The average Bonchev–Trinajstić information content (AvgIpc) is 2.73. The van der Waals surface area contributed by atoms with E-state index in [1.54, 1.807) is 24.3 Å². The molecular weight excluding hydrogens is 388 g/mol. The number of nitrogens with zero attached hydrogens (tertiary/aromatic N) is 2. The Morgan fingerprint density at radius 1 is 0.667 bits per heavy atom. The Labute approximate surface area is 169 Å². The van der Waals surface area contributed by atoms with Crippen molar-refractivity contribution in [2.75, 3.05) is 13.1 Å². The number of phenols is 2. The van der Waals surface area contributed by atoms with Crippen LogP contribution >= 0.6 is 0 Å². The monoisotopic (exact) mass is 404 g/mol. The van der Waals surface area contributed by atoms with Crippen molar-refractivity contribution in [3.63, 3.8) is 0 Å². The molecule has 2 aromatic carbocycles. The number of aliphatic imine (C=N–C) groups is 2. The van der Waals surface area contributed by atoms with Crippen molar-refractivity contribution in [3.8, 4) is 11.5 Å². The SMILES string of the molecule is O=c1ccc2ccc(O)c(C=NCCN=Cc3c(O)ccc4ccc(=O)oc34)c2o1. The molecule has 0 saturated heterocycles. The van der Waals surface area contributed by atoms with E-state index in [4.69, 9.17) is 8.83 Å². The van der Waals surface area contributed by atoms with E-state index in [-0.39, 0.29) is 35.8 Å². The number of aromatic hydroxyl groups is 2. The zero-order chi connectivity index (χ0) is 21.1. The Kier molecular flexibility index (Phi) is 5.13. The maximum Gasteiger partial charge on any atom is 0.336 e. The first kappa shape index (κ1) is 19.1. The number of phenolic OH excluding ortho intramolecular Hbond substituents is 2. The van der Waals surface area contributed by atoms with Gasteiger partial charge in [-0.2, -0.15) is 0 Å². The van der Waals surface area contributed by atoms with E-state index < -0.39 is 11.3 Å². The maximum atomic E-state index is 11.5. The molecule has 8 nitrogen and oxygen atoms in total. The highest BCUT2D eigenvalue weighted by Crippen LogP contribution is 2.25. The topological polar surface area (TPSA) is 126 Å². The minimum Gasteiger partial charge on any atom is -0.507 e. The molecule has 0 saturated carbocycles. The van der Waals surface area contributed by atoms with Crippen LogP contribution in [-0.2, 0) is 0 Å². The van der Waals surface area contributed by atoms with E-state index in [0.29, 0.717) is 21.9 Å². The van der Waals surface area contributed by atoms with E-state index in [0.717, 1.165) is 0 Å². The molecule has 4 rings (SSSR count). The van der Waals surface area contributed by atoms with Gasteiger partial charge >= 0.3 is 11.3 Å². The molecule has 2 heterocycles. The molecule has 0 aliphatic carbocycles. The molecule has 8 heteroatoms. The molecule has 150 valence electrons. The van der Waals surface area contributed by atoms with Crippen LogP contribution in [0.3, 0.4) is 0 Å². The molecule has 0 fully saturated rings. The van der Waals surface area contributed by atoms with E-state index in [1.165, 1.54) is 36.7 Å². The standard InChI is InChI=1S/C22H16N2O6/c25-17-5-1-13-3-7-19(27)29-21(13)15(17)11-23-9-10-24-12-16-18(26)6-2-14-4-8-20(28)30-22(14)16/h1-8,11-12,25-26H,9-10H2. The van der Waals surface area contributed by atoms with Gasteiger partial charge in [0.25, 0.3) is 0 Å². The van der Waals surface area contributed by atoms with E-state index >= 15 is 0 Å². The second-order valence-electron chi connectivity index (χ2n) is 6.41. The average molecular weight is 404 g/mol. The third-order valence-electron chi connectivity index (χ3n) is 4.41. The molecule has 0 amide bonds. The van der Waals surface area contributed by atoms with E-state index in [2.05, 4.69) is 9.98 Å². The van der Waals surface area contributed by atoms with Gasteiger partial charge < -0.3 is 19.0 Å². The minimum atomic E-state index is -0.520. The molecule has 0 spiro atoms. The molecule has 30 heavy (non-hydrogen) atoms. The van der Waals surface area contributed by atoms with Crippen LogP contribution in [-0.4, -0.2) is 35.7 Å². The van der Waals surface area contributed by atoms with Gasteiger partial charge in [-0.25, -0.2) is 9.59 Å². The van der Waals surface area contributed by atoms with Gasteiger partial charge in [-0.3, -0.25) is 9.98 Å². The largest absolute Gasteiger partial charge is 0.507 e. The lowest BCUT2D eigenvalue weighted by Gasteiger charge is -2.03. The molecule has 4 aromatic rings. The zero-order valence-corrected chi connectivity index (χ0v) is 15.6. The smallest absolute Gasteiger partial charge is 0.336 e. The van der Waals surface area contributed by atoms with Crippen molar-refractivity contribution >= 4 is 34.4 Å². The zero-order valence-electron chi connectivity index (χ0n) is 15.6. The van der Waals surface area contributed by atoms with Crippen LogP contribution in [0.4, 0.5) is 0 Å². The first-order valence-electron chi connectivity index (χ1n) is 9.04. The van der Waals surface area contributed by atoms with E-state index in [9.17, 15) is 19.8 Å². The lowest BCUT2D eigenvalue weighted by atomic mass is 10.1. The number of fused-ring (bicyclic) bond motifs is 2. The summed E-state index contributed by atoms with van der Waals surface area (Å²) in [6.07, 6.45) is 2.84. The molecule has 2 N–H and O–H groups in total. The summed E-state index contributed by atoms with van der Waals surface area (Å²) >= 11 is 0. The fraction of sp³-hybridized carbons (Fsp3) is 0.0909. The normalized spacial score (nSPS) is 11.9. The van der Waals surface area contributed by atoms with Crippen LogP contribution in [0.2, 0.25) is 0 Å². The molecule has 2 aromatic heterocycles. The first-order valence-corrected chi connectivity index (χ1v) is 9.04. The summed E-state index contributed by atoms with van der Waals surface area (Å²) in [7, 11) is 0. The van der Waals surface area contributed by atoms with Gasteiger partial charge in [0.15, 0.2) is 11.2 Å². The molecule has 0 aliphatic heterocycles. The molecule has 0 atom stereocenters. The predicted octanol–water partition coefficient (Wildman–Crippen LogP) is 2.85. The highest BCUT2D eigenvalue weighted by atomic mass is 16.4. The summed E-state index contributed by atoms with van der Waals surface area (Å²) in [6, 6.07) is 12.1. The lowest BCUT2D eigenvalue weighted by Crippen LogP contribution is -1.98. The van der Waals surface area contributed by atoms with Crippen molar-refractivity contribution < 1.29 is 19.0 Å². The van der Waals surface area contributed by atoms with Crippen LogP contribution in [0.25, 0.3) is 21.9 Å². The maximum absolute atomic E-state index is 11.5. The highest BCUT2D eigenvalue weighted by molar-refractivity contribution is 6.00. The summed E-state index contributed by atoms with van der Waals surface area (Å²) in [5.74, 6) is -0.111. The number of benzene rings is 2. The summed E-state index contributed by atoms with van der Waals surface area (Å²) in [6.45, 7) is 0.553. The Hall–Kier alpha value is -4.20. The summed E-state index contributed by atoms with van der Waals surface area (Å²) in [4.78, 5) is 31.4. The molecule has 0 unspecified atom stereocenters. The fourth-order valence-electron chi connectivity index (χ4n) is 2.96. The van der Waals surface area contributed by atoms with Crippen molar-refractivity contribution in [2.45, 2.75) is 0 Å². The first-order chi connectivity index (χ1) is 14.5. The Balaban J connectivity index is 1.51. The molecule has 0 bridgehead atoms. The van der Waals surface area contributed by atoms with Gasteiger partial charge in [0.05, 0.1) is 24.2 Å². The minimum absolute atomic E-state index is 0.0557. The Morgan fingerprint density at radius 3 is 1.50 bits per heavy atom. The fourth-order valence-corrected chi connectivity index (χ4v) is 2.96. The summed E-state index contributed by atoms with van der Waals surface area (Å²) in [5.41, 5.74) is 0.0870. The van der Waals surface area contributed by atoms with Crippen LogP contribution in [0, 0.1) is 0 Å². The molecule has 0 radical (unpaired) electrons. The van der Waals surface area contributed by atoms with Crippen LogP contribution in [0.15, 0.2) is 76.9 Å². The van der Waals surface area contributed by atoms with Crippen molar-refractivity contribution in [1.29, 1.82) is 0 Å². The van der Waals surface area contributed by atoms with Gasteiger partial charge in [0.2, 0.25) is 0 Å². The van der Waals surface area contributed by atoms with Gasteiger partial charge in [-0.15, -0.1) is 0 Å². The van der Waals surface area contributed by atoms with Crippen molar-refractivity contribution in [1.82, 2.24) is 0 Å². The quantitative estimate of drug-likeness (QED) is 0.299. The molecule has 0 aliphatic rings. The van der Waals surface area contributed by atoms with Crippen LogP contribution in [0.1, 0.15) is 11.1 Å². The van der Waals surface area contributed by atoms with E-state index in [1.807, 2.05) is 0 Å². The van der Waals surface area contributed by atoms with Gasteiger partial charge in [-0.05, 0) is 36.4 Å². The lowest BCUT2D eigenvalue weighted by molar-refractivity contribution is 0.471. The second kappa shape index (κ2) is 8.04. The van der Waals surface area contributed by atoms with Gasteiger partial charge in [0.1, 0.15) is 11.5 Å². The summed E-state index contributed by atoms with van der Waals surface area (Å²) in [5, 5.41) is 21.4. The third kappa shape index (κ3) is 3.83. The number of hydrogen-bond acceptors (Lipinski definition) is 8. The summed E-state index contributed by atoms with van der Waals surface area (Å²) < 4.78 is 10.3. The van der Waals surface area contributed by atoms with Crippen LogP contribution < -0.4 is 11.3 Å². The third-order valence-corrected chi connectivity index (χ3v) is 4.41. The Morgan fingerprint density at radius 2 is 1.07 bits per heavy atom. The Bertz CT molecular complexity index is 1310. The highest BCUT2D eigenvalue weighted by Gasteiger charge is 2.09. The molecular formula is C22H16N2O6. The van der Waals surface area contributed by atoms with Gasteiger partial charge in [0, 0.05) is 35.3 Å². The van der Waals surface area contributed by atoms with Crippen molar-refractivity contribution in [2.24, 2.45) is 9.98 Å². The predicted molar refractivity (Wildman–Crippen MR) is 113 cm³/mol.